The van der Waals surface area contributed by atoms with Crippen molar-refractivity contribution in [3.63, 3.8) is 0 Å². The van der Waals surface area contributed by atoms with Crippen molar-refractivity contribution in [3.05, 3.63) is 0 Å². The van der Waals surface area contributed by atoms with E-state index >= 15 is 0 Å². The number of rotatable bonds is 5. The van der Waals surface area contributed by atoms with Gasteiger partial charge in [-0.05, 0) is 26.7 Å². The van der Waals surface area contributed by atoms with E-state index in [9.17, 15) is 9.90 Å². The number of oxime groups is 1. The minimum Gasteiger partial charge on any atom is -0.409 e. The molecule has 1 amide bonds. The molecule has 0 aromatic heterocycles. The molecule has 6 heteroatoms. The number of aliphatic hydroxyl groups excluding tert-OH is 1. The zero-order chi connectivity index (χ0) is 14.5. The molecule has 1 aliphatic rings. The molecular weight excluding hydrogens is 246 g/mol. The standard InChI is InChI=1S/C13H25N3O3/c1-13(2,11(14)15-19)12(18)16(8-9-17)10-6-4-3-5-7-10/h10,17,19H,3-9H2,1-2H3,(H2,14,15). The second-order valence-corrected chi connectivity index (χ2v) is 5.62. The van der Waals surface area contributed by atoms with E-state index in [-0.39, 0.29) is 24.4 Å². The molecule has 0 aromatic rings. The van der Waals surface area contributed by atoms with Gasteiger partial charge >= 0.3 is 0 Å². The van der Waals surface area contributed by atoms with Crippen molar-refractivity contribution in [2.24, 2.45) is 16.3 Å². The summed E-state index contributed by atoms with van der Waals surface area (Å²) in [5.41, 5.74) is 4.55. The summed E-state index contributed by atoms with van der Waals surface area (Å²) in [6.07, 6.45) is 5.31. The fourth-order valence-electron chi connectivity index (χ4n) is 2.54. The van der Waals surface area contributed by atoms with Crippen LogP contribution in [0.3, 0.4) is 0 Å². The van der Waals surface area contributed by atoms with Crippen molar-refractivity contribution in [2.75, 3.05) is 13.2 Å². The topological polar surface area (TPSA) is 99.2 Å². The van der Waals surface area contributed by atoms with Crippen LogP contribution in [0.15, 0.2) is 5.16 Å². The van der Waals surface area contributed by atoms with Crippen LogP contribution in [0.4, 0.5) is 0 Å². The Morgan fingerprint density at radius 1 is 1.37 bits per heavy atom. The van der Waals surface area contributed by atoms with E-state index in [1.165, 1.54) is 6.42 Å². The Balaban J connectivity index is 2.88. The highest BCUT2D eigenvalue weighted by atomic mass is 16.4. The molecule has 4 N–H and O–H groups in total. The van der Waals surface area contributed by atoms with E-state index in [0.717, 1.165) is 25.7 Å². The Hall–Kier alpha value is -1.30. The highest BCUT2D eigenvalue weighted by molar-refractivity contribution is 6.06. The van der Waals surface area contributed by atoms with Crippen LogP contribution in [0.5, 0.6) is 0 Å². The lowest BCUT2D eigenvalue weighted by Gasteiger charge is -2.38. The van der Waals surface area contributed by atoms with Gasteiger partial charge in [0, 0.05) is 12.6 Å². The lowest BCUT2D eigenvalue weighted by molar-refractivity contribution is -0.140. The van der Waals surface area contributed by atoms with E-state index in [4.69, 9.17) is 10.9 Å². The summed E-state index contributed by atoms with van der Waals surface area (Å²) in [4.78, 5) is 14.3. The van der Waals surface area contributed by atoms with Gasteiger partial charge in [0.1, 0.15) is 5.41 Å². The zero-order valence-corrected chi connectivity index (χ0v) is 11.8. The molecule has 1 aliphatic carbocycles. The maximum absolute atomic E-state index is 12.6. The second kappa shape index (κ2) is 6.75. The maximum Gasteiger partial charge on any atom is 0.236 e. The normalized spacial score (nSPS) is 18.4. The van der Waals surface area contributed by atoms with Crippen molar-refractivity contribution in [2.45, 2.75) is 52.0 Å². The average Bonchev–Trinajstić information content (AvgIpc) is 2.43. The van der Waals surface area contributed by atoms with Crippen LogP contribution in [0.2, 0.25) is 0 Å². The van der Waals surface area contributed by atoms with Gasteiger partial charge < -0.3 is 20.9 Å². The van der Waals surface area contributed by atoms with E-state index in [2.05, 4.69) is 5.16 Å². The lowest BCUT2D eigenvalue weighted by Crippen LogP contribution is -2.52. The third-order valence-electron chi connectivity index (χ3n) is 3.90. The molecule has 1 fully saturated rings. The van der Waals surface area contributed by atoms with E-state index in [1.54, 1.807) is 18.7 Å². The largest absolute Gasteiger partial charge is 0.409 e. The molecule has 1 rings (SSSR count). The van der Waals surface area contributed by atoms with Crippen LogP contribution in [-0.4, -0.2) is 46.1 Å². The summed E-state index contributed by atoms with van der Waals surface area (Å²) in [6, 6.07) is 0.152. The highest BCUT2D eigenvalue weighted by Gasteiger charge is 2.39. The van der Waals surface area contributed by atoms with E-state index in [1.807, 2.05) is 0 Å². The number of hydrogen-bond acceptors (Lipinski definition) is 4. The first-order valence-electron chi connectivity index (χ1n) is 6.85. The second-order valence-electron chi connectivity index (χ2n) is 5.62. The van der Waals surface area contributed by atoms with Crippen LogP contribution >= 0.6 is 0 Å². The number of nitrogens with zero attached hydrogens (tertiary/aromatic N) is 2. The molecule has 1 saturated carbocycles. The quantitative estimate of drug-likeness (QED) is 0.299. The van der Waals surface area contributed by atoms with Gasteiger partial charge in [0.15, 0.2) is 5.84 Å². The van der Waals surface area contributed by atoms with Crippen LogP contribution in [0.25, 0.3) is 0 Å². The molecule has 0 bridgehead atoms. The Labute approximate surface area is 114 Å². The summed E-state index contributed by atoms with van der Waals surface area (Å²) >= 11 is 0. The first kappa shape index (κ1) is 15.8. The molecule has 6 nitrogen and oxygen atoms in total. The lowest BCUT2D eigenvalue weighted by atomic mass is 9.87. The average molecular weight is 271 g/mol. The highest BCUT2D eigenvalue weighted by Crippen LogP contribution is 2.27. The Morgan fingerprint density at radius 3 is 2.42 bits per heavy atom. The van der Waals surface area contributed by atoms with Crippen molar-refractivity contribution < 1.29 is 15.1 Å². The van der Waals surface area contributed by atoms with Crippen molar-refractivity contribution in [3.8, 4) is 0 Å². The van der Waals surface area contributed by atoms with Gasteiger partial charge in [0.05, 0.1) is 6.61 Å². The van der Waals surface area contributed by atoms with Gasteiger partial charge in [-0.3, -0.25) is 4.79 Å². The summed E-state index contributed by atoms with van der Waals surface area (Å²) < 4.78 is 0. The monoisotopic (exact) mass is 271 g/mol. The van der Waals surface area contributed by atoms with Crippen molar-refractivity contribution in [1.82, 2.24) is 4.90 Å². The predicted octanol–water partition coefficient (Wildman–Crippen LogP) is 0.913. The van der Waals surface area contributed by atoms with E-state index < -0.39 is 5.41 Å². The summed E-state index contributed by atoms with van der Waals surface area (Å²) in [5.74, 6) is -0.292. The SMILES string of the molecule is CC(C)(C(=O)N(CCO)C1CCCCC1)C(N)=NO. The molecule has 0 unspecified atom stereocenters. The molecule has 0 heterocycles. The first-order valence-corrected chi connectivity index (χ1v) is 6.85. The summed E-state index contributed by atoms with van der Waals surface area (Å²) in [6.45, 7) is 3.50. The first-order chi connectivity index (χ1) is 8.95. The molecular formula is C13H25N3O3. The Morgan fingerprint density at radius 2 is 1.95 bits per heavy atom. The fourth-order valence-corrected chi connectivity index (χ4v) is 2.54. The number of amides is 1. The van der Waals surface area contributed by atoms with Gasteiger partial charge in [-0.25, -0.2) is 0 Å². The fraction of sp³-hybridized carbons (Fsp3) is 0.846. The number of aliphatic hydroxyl groups is 1. The van der Waals surface area contributed by atoms with Crippen molar-refractivity contribution in [1.29, 1.82) is 0 Å². The Bertz CT molecular complexity index is 336. The number of nitrogens with two attached hydrogens (primary N) is 1. The van der Waals surface area contributed by atoms with Crippen LogP contribution in [0, 0.1) is 5.41 Å². The van der Waals surface area contributed by atoms with Crippen LogP contribution in [-0.2, 0) is 4.79 Å². The number of carbonyl (C=O) groups is 1. The molecule has 19 heavy (non-hydrogen) atoms. The van der Waals surface area contributed by atoms with Gasteiger partial charge in [-0.1, -0.05) is 24.4 Å². The summed E-state index contributed by atoms with van der Waals surface area (Å²) in [7, 11) is 0. The number of carbonyl (C=O) groups excluding carboxylic acids is 1. The van der Waals surface area contributed by atoms with Crippen LogP contribution in [0.1, 0.15) is 46.0 Å². The van der Waals surface area contributed by atoms with Crippen molar-refractivity contribution >= 4 is 11.7 Å². The molecule has 0 saturated heterocycles. The van der Waals surface area contributed by atoms with Crippen LogP contribution < -0.4 is 5.73 Å². The predicted molar refractivity (Wildman–Crippen MR) is 72.9 cm³/mol. The Kier molecular flexibility index (Phi) is 5.60. The van der Waals surface area contributed by atoms with Gasteiger partial charge in [0.2, 0.25) is 5.91 Å². The molecule has 110 valence electrons. The minimum atomic E-state index is -1.05. The number of hydrogen-bond donors (Lipinski definition) is 3. The molecule has 0 aliphatic heterocycles. The molecule has 0 aromatic carbocycles. The van der Waals surface area contributed by atoms with Gasteiger partial charge in [0.25, 0.3) is 0 Å². The minimum absolute atomic E-state index is 0.0749. The third kappa shape index (κ3) is 3.59. The van der Waals surface area contributed by atoms with E-state index in [0.29, 0.717) is 6.54 Å². The summed E-state index contributed by atoms with van der Waals surface area (Å²) in [5, 5.41) is 20.9. The van der Waals surface area contributed by atoms with Gasteiger partial charge in [-0.2, -0.15) is 0 Å². The smallest absolute Gasteiger partial charge is 0.236 e. The third-order valence-corrected chi connectivity index (χ3v) is 3.90. The molecule has 0 spiro atoms. The molecule has 0 radical (unpaired) electrons. The maximum atomic E-state index is 12.6. The van der Waals surface area contributed by atoms with Gasteiger partial charge in [-0.15, -0.1) is 0 Å². The number of amidine groups is 1. The molecule has 0 atom stereocenters. The zero-order valence-electron chi connectivity index (χ0n) is 11.8.